The van der Waals surface area contributed by atoms with E-state index in [0.717, 1.165) is 16.7 Å². The van der Waals surface area contributed by atoms with Crippen LogP contribution in [0.15, 0.2) is 18.2 Å². The lowest BCUT2D eigenvalue weighted by molar-refractivity contribution is -0.244. The van der Waals surface area contributed by atoms with Crippen LogP contribution >= 0.6 is 0 Å². The third-order valence-electron chi connectivity index (χ3n) is 2.19. The van der Waals surface area contributed by atoms with Crippen molar-refractivity contribution in [3.8, 4) is 0 Å². The van der Waals surface area contributed by atoms with Crippen LogP contribution in [-0.2, 0) is 0 Å². The third-order valence-corrected chi connectivity index (χ3v) is 2.19. The number of hydrogen-bond acceptors (Lipinski definition) is 1. The van der Waals surface area contributed by atoms with Gasteiger partial charge < -0.3 is 5.11 Å². The van der Waals surface area contributed by atoms with Gasteiger partial charge in [-0.1, -0.05) is 23.8 Å². The number of allylic oxidation sites excluding steroid dienone is 1. The lowest BCUT2D eigenvalue weighted by atomic mass is 9.98. The zero-order valence-corrected chi connectivity index (χ0v) is 8.64. The highest BCUT2D eigenvalue weighted by Gasteiger charge is 2.01. The van der Waals surface area contributed by atoms with Crippen LogP contribution in [-0.4, -0.2) is 0 Å². The topological polar surface area (TPSA) is 23.1 Å². The Bertz CT molecular complexity index is 325. The van der Waals surface area contributed by atoms with Gasteiger partial charge in [-0.15, -0.1) is 5.76 Å². The van der Waals surface area contributed by atoms with Crippen LogP contribution < -0.4 is 5.11 Å². The molecule has 0 saturated carbocycles. The summed E-state index contributed by atoms with van der Waals surface area (Å²) in [4.78, 5) is 0. The Labute approximate surface area is 79.7 Å². The maximum atomic E-state index is 11.5. The quantitative estimate of drug-likeness (QED) is 0.601. The summed E-state index contributed by atoms with van der Waals surface area (Å²) in [6.45, 7) is 7.79. The van der Waals surface area contributed by atoms with Gasteiger partial charge in [0.25, 0.3) is 0 Å². The Kier molecular flexibility index (Phi) is 2.76. The molecule has 1 nitrogen and oxygen atoms in total. The number of rotatable bonds is 1. The van der Waals surface area contributed by atoms with Gasteiger partial charge in [-0.05, 0) is 44.4 Å². The summed E-state index contributed by atoms with van der Waals surface area (Å²) in [5, 5.41) is 11.5. The maximum Gasteiger partial charge on any atom is -0.0280 e. The molecule has 0 N–H and O–H groups in total. The molecule has 0 spiro atoms. The molecule has 1 aromatic rings. The van der Waals surface area contributed by atoms with Gasteiger partial charge in [-0.3, -0.25) is 0 Å². The van der Waals surface area contributed by atoms with Crippen molar-refractivity contribution < 1.29 is 5.11 Å². The summed E-state index contributed by atoms with van der Waals surface area (Å²) >= 11 is 0. The third kappa shape index (κ3) is 1.92. The van der Waals surface area contributed by atoms with E-state index < -0.39 is 0 Å². The van der Waals surface area contributed by atoms with Gasteiger partial charge in [0.15, 0.2) is 0 Å². The lowest BCUT2D eigenvalue weighted by Gasteiger charge is -2.18. The van der Waals surface area contributed by atoms with E-state index in [1.165, 1.54) is 5.56 Å². The van der Waals surface area contributed by atoms with Crippen LogP contribution in [0.2, 0.25) is 0 Å². The van der Waals surface area contributed by atoms with E-state index in [4.69, 9.17) is 0 Å². The SMILES string of the molecule is C/C=C(/[O-])c1c(C)cc(C)cc1C. The molecule has 70 valence electrons. The van der Waals surface area contributed by atoms with Gasteiger partial charge in [0, 0.05) is 0 Å². The predicted molar refractivity (Wildman–Crippen MR) is 54.3 cm³/mol. The van der Waals surface area contributed by atoms with Crippen molar-refractivity contribution in [3.63, 3.8) is 0 Å². The highest BCUT2D eigenvalue weighted by atomic mass is 16.3. The Balaban J connectivity index is 3.37. The molecule has 0 aliphatic rings. The van der Waals surface area contributed by atoms with Gasteiger partial charge in [0.1, 0.15) is 0 Å². The smallest absolute Gasteiger partial charge is 0.0280 e. The van der Waals surface area contributed by atoms with E-state index in [-0.39, 0.29) is 5.76 Å². The van der Waals surface area contributed by atoms with Crippen LogP contribution in [0.3, 0.4) is 0 Å². The second kappa shape index (κ2) is 3.65. The van der Waals surface area contributed by atoms with Crippen molar-refractivity contribution in [1.29, 1.82) is 0 Å². The van der Waals surface area contributed by atoms with Gasteiger partial charge in [-0.25, -0.2) is 0 Å². The first-order valence-electron chi connectivity index (χ1n) is 4.47. The average Bonchev–Trinajstić information content (AvgIpc) is 2.02. The maximum absolute atomic E-state index is 11.5. The Morgan fingerprint density at radius 2 is 1.62 bits per heavy atom. The van der Waals surface area contributed by atoms with E-state index in [1.54, 1.807) is 13.0 Å². The van der Waals surface area contributed by atoms with E-state index >= 15 is 0 Å². The lowest BCUT2D eigenvalue weighted by Crippen LogP contribution is -2.05. The van der Waals surface area contributed by atoms with Gasteiger partial charge in [-0.2, -0.15) is 0 Å². The Morgan fingerprint density at radius 1 is 1.15 bits per heavy atom. The molecule has 0 fully saturated rings. The van der Waals surface area contributed by atoms with Crippen molar-refractivity contribution in [2.75, 3.05) is 0 Å². The minimum atomic E-state index is 0.120. The highest BCUT2D eigenvalue weighted by Crippen LogP contribution is 2.20. The molecule has 0 radical (unpaired) electrons. The van der Waals surface area contributed by atoms with Gasteiger partial charge in [0.2, 0.25) is 0 Å². The number of benzene rings is 1. The number of hydrogen-bond donors (Lipinski definition) is 0. The summed E-state index contributed by atoms with van der Waals surface area (Å²) in [6, 6.07) is 4.09. The van der Waals surface area contributed by atoms with E-state index in [2.05, 4.69) is 0 Å². The molecule has 0 saturated heterocycles. The van der Waals surface area contributed by atoms with Crippen LogP contribution in [0.1, 0.15) is 29.2 Å². The van der Waals surface area contributed by atoms with E-state index in [1.807, 2.05) is 32.9 Å². The fourth-order valence-corrected chi connectivity index (χ4v) is 1.71. The predicted octanol–water partition coefficient (Wildman–Crippen LogP) is 2.33. The fourth-order valence-electron chi connectivity index (χ4n) is 1.71. The second-order valence-corrected chi connectivity index (χ2v) is 3.43. The first-order chi connectivity index (χ1) is 6.06. The summed E-state index contributed by atoms with van der Waals surface area (Å²) in [6.07, 6.45) is 1.62. The van der Waals surface area contributed by atoms with Crippen molar-refractivity contribution in [1.82, 2.24) is 0 Å². The molecule has 0 heterocycles. The summed E-state index contributed by atoms with van der Waals surface area (Å²) in [7, 11) is 0. The molecule has 0 aromatic heterocycles. The molecule has 1 rings (SSSR count). The highest BCUT2D eigenvalue weighted by molar-refractivity contribution is 5.64. The minimum absolute atomic E-state index is 0.120. The van der Waals surface area contributed by atoms with E-state index in [0.29, 0.717) is 0 Å². The molecule has 0 amide bonds. The monoisotopic (exact) mass is 175 g/mol. The summed E-state index contributed by atoms with van der Waals surface area (Å²) in [5.41, 5.74) is 4.21. The minimum Gasteiger partial charge on any atom is -0.872 e. The summed E-state index contributed by atoms with van der Waals surface area (Å²) < 4.78 is 0. The Hall–Kier alpha value is -1.24. The van der Waals surface area contributed by atoms with Crippen molar-refractivity contribution >= 4 is 5.76 Å². The van der Waals surface area contributed by atoms with Gasteiger partial charge >= 0.3 is 0 Å². The molecule has 0 unspecified atom stereocenters. The van der Waals surface area contributed by atoms with Crippen LogP contribution in [0.25, 0.3) is 5.76 Å². The zero-order valence-electron chi connectivity index (χ0n) is 8.64. The van der Waals surface area contributed by atoms with E-state index in [9.17, 15) is 5.11 Å². The van der Waals surface area contributed by atoms with Crippen LogP contribution in [0, 0.1) is 20.8 Å². The fraction of sp³-hybridized carbons (Fsp3) is 0.333. The van der Waals surface area contributed by atoms with Crippen molar-refractivity contribution in [2.24, 2.45) is 0 Å². The molecule has 1 aromatic carbocycles. The molecule has 0 atom stereocenters. The number of aryl methyl sites for hydroxylation is 3. The Morgan fingerprint density at radius 3 is 2.00 bits per heavy atom. The van der Waals surface area contributed by atoms with Crippen molar-refractivity contribution in [2.45, 2.75) is 27.7 Å². The largest absolute Gasteiger partial charge is 0.872 e. The van der Waals surface area contributed by atoms with Crippen LogP contribution in [0.4, 0.5) is 0 Å². The first kappa shape index (κ1) is 9.85. The molecular formula is C12H15O-. The summed E-state index contributed by atoms with van der Waals surface area (Å²) in [5.74, 6) is 0.120. The molecule has 0 aliphatic carbocycles. The molecule has 0 bridgehead atoms. The van der Waals surface area contributed by atoms with Gasteiger partial charge in [0.05, 0.1) is 0 Å². The normalized spacial score (nSPS) is 11.8. The molecular weight excluding hydrogens is 160 g/mol. The molecule has 0 aliphatic heterocycles. The van der Waals surface area contributed by atoms with Crippen LogP contribution in [0.5, 0.6) is 0 Å². The van der Waals surface area contributed by atoms with Crippen molar-refractivity contribution in [3.05, 3.63) is 40.5 Å². The second-order valence-electron chi connectivity index (χ2n) is 3.43. The first-order valence-corrected chi connectivity index (χ1v) is 4.47. The zero-order chi connectivity index (χ0) is 10.0. The standard InChI is InChI=1S/C12H16O/c1-5-11(13)12-9(3)6-8(2)7-10(12)4/h5-7,13H,1-4H3/p-1/b11-5+. The molecule has 13 heavy (non-hydrogen) atoms. The molecule has 1 heteroatoms. The average molecular weight is 175 g/mol.